The first kappa shape index (κ1) is 28.7. The number of carboxylic acids is 1. The van der Waals surface area contributed by atoms with Crippen LogP contribution >= 0.6 is 0 Å². The number of ether oxygens (including phenoxy) is 3. The van der Waals surface area contributed by atoms with Crippen LogP contribution in [0.3, 0.4) is 0 Å². The summed E-state index contributed by atoms with van der Waals surface area (Å²) in [6, 6.07) is 17.0. The summed E-state index contributed by atoms with van der Waals surface area (Å²) in [6.07, 6.45) is 8.07. The zero-order valence-corrected chi connectivity index (χ0v) is 24.9. The van der Waals surface area contributed by atoms with E-state index >= 15 is 0 Å². The first-order valence-electron chi connectivity index (χ1n) is 15.4. The Labute approximate surface area is 248 Å². The Morgan fingerprint density at radius 2 is 1.88 bits per heavy atom. The number of aliphatic carboxylic acids is 1. The minimum Gasteiger partial charge on any atom is -0.485 e. The van der Waals surface area contributed by atoms with Gasteiger partial charge in [0.1, 0.15) is 11.9 Å². The fourth-order valence-corrected chi connectivity index (χ4v) is 6.91. The van der Waals surface area contributed by atoms with E-state index in [0.717, 1.165) is 78.9 Å². The Hall–Kier alpha value is -3.42. The Kier molecular flexibility index (Phi) is 8.50. The molecule has 0 amide bonds. The van der Waals surface area contributed by atoms with Gasteiger partial charge in [-0.25, -0.2) is 4.98 Å². The second kappa shape index (κ2) is 12.4. The van der Waals surface area contributed by atoms with Crippen LogP contribution in [0, 0.1) is 11.8 Å². The number of hydrogen-bond donors (Lipinski definition) is 1. The highest BCUT2D eigenvalue weighted by Crippen LogP contribution is 2.48. The van der Waals surface area contributed by atoms with Crippen molar-refractivity contribution in [2.75, 3.05) is 33.9 Å². The number of carbonyl (C=O) groups is 1. The van der Waals surface area contributed by atoms with Gasteiger partial charge in [0.05, 0.1) is 19.1 Å². The molecule has 3 heterocycles. The summed E-state index contributed by atoms with van der Waals surface area (Å²) in [5.74, 6) is 0.783. The van der Waals surface area contributed by atoms with Crippen molar-refractivity contribution in [3.05, 3.63) is 77.0 Å². The van der Waals surface area contributed by atoms with E-state index in [9.17, 15) is 9.90 Å². The molecule has 0 radical (unpaired) electrons. The third-order valence-corrected chi connectivity index (χ3v) is 9.44. The van der Waals surface area contributed by atoms with Gasteiger partial charge in [-0.05, 0) is 115 Å². The van der Waals surface area contributed by atoms with Crippen LogP contribution in [0.4, 0.5) is 0 Å². The lowest BCUT2D eigenvalue weighted by atomic mass is 9.82. The maximum atomic E-state index is 11.9. The predicted molar refractivity (Wildman–Crippen MR) is 162 cm³/mol. The van der Waals surface area contributed by atoms with Gasteiger partial charge in [0.15, 0.2) is 0 Å². The molecule has 1 aliphatic carbocycles. The molecule has 2 aromatic carbocycles. The number of rotatable bonds is 11. The molecule has 1 aromatic heterocycles. The lowest BCUT2D eigenvalue weighted by Gasteiger charge is -2.30. The second-order valence-electron chi connectivity index (χ2n) is 12.2. The molecule has 4 atom stereocenters. The SMILES string of the molecule is COc1cc(-c2ccc(C3CCc4ccc(C(C5CC5)[C@H](C)C(=O)O)cc4O3)cc2C(CN2CCCC2)OC)ccn1. The van der Waals surface area contributed by atoms with Crippen LogP contribution in [0.5, 0.6) is 11.6 Å². The number of carboxylic acid groups (broad SMARTS) is 1. The van der Waals surface area contributed by atoms with Crippen LogP contribution in [0.15, 0.2) is 54.7 Å². The topological polar surface area (TPSA) is 81.1 Å². The molecule has 1 saturated heterocycles. The van der Waals surface area contributed by atoms with Crippen LogP contribution in [-0.4, -0.2) is 54.8 Å². The third-order valence-electron chi connectivity index (χ3n) is 9.44. The molecule has 1 saturated carbocycles. The summed E-state index contributed by atoms with van der Waals surface area (Å²) in [7, 11) is 3.44. The van der Waals surface area contributed by atoms with Crippen molar-refractivity contribution in [1.82, 2.24) is 9.88 Å². The van der Waals surface area contributed by atoms with Gasteiger partial charge in [-0.2, -0.15) is 0 Å². The minimum atomic E-state index is -0.732. The van der Waals surface area contributed by atoms with Crippen molar-refractivity contribution in [2.45, 2.75) is 63.6 Å². The predicted octanol–water partition coefficient (Wildman–Crippen LogP) is 6.82. The lowest BCUT2D eigenvalue weighted by Crippen LogP contribution is -2.27. The lowest BCUT2D eigenvalue weighted by molar-refractivity contribution is -0.142. The third kappa shape index (κ3) is 6.04. The van der Waals surface area contributed by atoms with Crippen molar-refractivity contribution in [2.24, 2.45) is 11.8 Å². The Bertz CT molecular complexity index is 1410. The van der Waals surface area contributed by atoms with E-state index in [1.807, 2.05) is 19.1 Å². The average molecular weight is 571 g/mol. The summed E-state index contributed by atoms with van der Waals surface area (Å²) in [4.78, 5) is 18.7. The molecule has 0 bridgehead atoms. The van der Waals surface area contributed by atoms with Gasteiger partial charge in [-0.15, -0.1) is 0 Å². The molecule has 7 heteroatoms. The average Bonchev–Trinajstić information content (AvgIpc) is 3.72. The fourth-order valence-electron chi connectivity index (χ4n) is 6.91. The van der Waals surface area contributed by atoms with Crippen LogP contribution in [0.25, 0.3) is 11.1 Å². The molecule has 42 heavy (non-hydrogen) atoms. The van der Waals surface area contributed by atoms with Crippen molar-refractivity contribution in [1.29, 1.82) is 0 Å². The van der Waals surface area contributed by atoms with Crippen LogP contribution in [-0.2, 0) is 16.0 Å². The van der Waals surface area contributed by atoms with Gasteiger partial charge < -0.3 is 24.2 Å². The van der Waals surface area contributed by atoms with Gasteiger partial charge in [0.2, 0.25) is 5.88 Å². The largest absolute Gasteiger partial charge is 0.485 e. The zero-order valence-electron chi connectivity index (χ0n) is 24.9. The van der Waals surface area contributed by atoms with Crippen molar-refractivity contribution < 1.29 is 24.1 Å². The van der Waals surface area contributed by atoms with E-state index < -0.39 is 11.9 Å². The highest BCUT2D eigenvalue weighted by molar-refractivity contribution is 5.71. The standard InChI is InChI=1S/C35H42N2O5/c1-22(35(38)39)34(24-7-8-24)27-9-6-23-11-13-30(42-31(23)19-27)26-10-12-28(25-14-15-36-33(20-25)41-3)29(18-26)32(40-2)21-37-16-4-5-17-37/h6,9-10,12,14-15,18-20,22,24,30,32,34H,4-5,7-8,11,13,16-17,21H2,1-3H3,(H,38,39)/t22-,30?,32?,34?/m0/s1. The Balaban J connectivity index is 1.32. The number of nitrogens with zero attached hydrogens (tertiary/aromatic N) is 2. The van der Waals surface area contributed by atoms with E-state index in [4.69, 9.17) is 14.2 Å². The molecule has 3 aliphatic rings. The quantitative estimate of drug-likeness (QED) is 0.271. The molecular weight excluding hydrogens is 528 g/mol. The first-order valence-corrected chi connectivity index (χ1v) is 15.4. The number of aryl methyl sites for hydroxylation is 1. The van der Waals surface area contributed by atoms with E-state index in [2.05, 4.69) is 46.3 Å². The smallest absolute Gasteiger partial charge is 0.306 e. The number of hydrogen-bond acceptors (Lipinski definition) is 6. The summed E-state index contributed by atoms with van der Waals surface area (Å²) in [5, 5.41) is 9.78. The van der Waals surface area contributed by atoms with Crippen molar-refractivity contribution in [3.63, 3.8) is 0 Å². The van der Waals surface area contributed by atoms with E-state index in [1.165, 1.54) is 18.4 Å². The molecule has 0 spiro atoms. The second-order valence-corrected chi connectivity index (χ2v) is 12.2. The van der Waals surface area contributed by atoms with E-state index in [1.54, 1.807) is 20.4 Å². The summed E-state index contributed by atoms with van der Waals surface area (Å²) in [5.41, 5.74) is 6.70. The van der Waals surface area contributed by atoms with E-state index in [0.29, 0.717) is 11.8 Å². The molecule has 2 fully saturated rings. The number of fused-ring (bicyclic) bond motifs is 1. The normalized spacial score (nSPS) is 20.8. The molecular formula is C35H42N2O5. The van der Waals surface area contributed by atoms with Gasteiger partial charge in [-0.1, -0.05) is 31.2 Å². The monoisotopic (exact) mass is 570 g/mol. The van der Waals surface area contributed by atoms with Gasteiger partial charge >= 0.3 is 5.97 Å². The number of pyridine rings is 1. The van der Waals surface area contributed by atoms with E-state index in [-0.39, 0.29) is 18.1 Å². The van der Waals surface area contributed by atoms with Gasteiger partial charge in [-0.3, -0.25) is 4.79 Å². The highest BCUT2D eigenvalue weighted by Gasteiger charge is 2.39. The van der Waals surface area contributed by atoms with Crippen LogP contribution in [0.1, 0.15) is 79.4 Å². The number of likely N-dealkylation sites (tertiary alicyclic amines) is 1. The highest BCUT2D eigenvalue weighted by atomic mass is 16.5. The molecule has 3 unspecified atom stereocenters. The maximum absolute atomic E-state index is 11.9. The number of benzene rings is 2. The molecule has 222 valence electrons. The van der Waals surface area contributed by atoms with Crippen molar-refractivity contribution >= 4 is 5.97 Å². The summed E-state index contributed by atoms with van der Waals surface area (Å²) < 4.78 is 18.3. The molecule has 2 aliphatic heterocycles. The Morgan fingerprint density at radius 1 is 1.07 bits per heavy atom. The zero-order chi connectivity index (χ0) is 29.2. The molecule has 6 rings (SSSR count). The van der Waals surface area contributed by atoms with Crippen LogP contribution in [0.2, 0.25) is 0 Å². The molecule has 3 aromatic rings. The van der Waals surface area contributed by atoms with Crippen LogP contribution < -0.4 is 9.47 Å². The minimum absolute atomic E-state index is 0.0214. The summed E-state index contributed by atoms with van der Waals surface area (Å²) >= 11 is 0. The maximum Gasteiger partial charge on any atom is 0.306 e. The first-order chi connectivity index (χ1) is 20.4. The summed E-state index contributed by atoms with van der Waals surface area (Å²) in [6.45, 7) is 4.89. The molecule has 7 nitrogen and oxygen atoms in total. The Morgan fingerprint density at radius 3 is 2.60 bits per heavy atom. The number of aromatic nitrogens is 1. The number of methoxy groups -OCH3 is 2. The molecule has 1 N–H and O–H groups in total. The fraction of sp³-hybridized carbons (Fsp3) is 0.486. The van der Waals surface area contributed by atoms with Gasteiger partial charge in [0.25, 0.3) is 0 Å². The van der Waals surface area contributed by atoms with Gasteiger partial charge in [0, 0.05) is 25.9 Å². The van der Waals surface area contributed by atoms with Crippen molar-refractivity contribution in [3.8, 4) is 22.8 Å².